The number of hydrogen-bond acceptors (Lipinski definition) is 8. The van der Waals surface area contributed by atoms with E-state index >= 15 is 0 Å². The van der Waals surface area contributed by atoms with Crippen LogP contribution in [0.3, 0.4) is 0 Å². The molecule has 0 bridgehead atoms. The summed E-state index contributed by atoms with van der Waals surface area (Å²) in [4.78, 5) is 19.2. The Balaban J connectivity index is 2.28. The van der Waals surface area contributed by atoms with Crippen molar-refractivity contribution in [3.63, 3.8) is 0 Å². The molecule has 0 saturated carbocycles. The maximum Gasteiger partial charge on any atom is 0.396 e. The highest BCUT2D eigenvalue weighted by atomic mass is 16.5. The smallest absolute Gasteiger partial charge is 0.396 e. The summed E-state index contributed by atoms with van der Waals surface area (Å²) in [6.07, 6.45) is 2.89. The highest BCUT2D eigenvalue weighted by molar-refractivity contribution is 5.84. The van der Waals surface area contributed by atoms with E-state index in [1.165, 1.54) is 19.5 Å². The van der Waals surface area contributed by atoms with Crippen LogP contribution in [-0.4, -0.2) is 39.9 Å². The van der Waals surface area contributed by atoms with Gasteiger partial charge in [-0.25, -0.2) is 9.78 Å². The second-order valence-corrected chi connectivity index (χ2v) is 3.08. The largest absolute Gasteiger partial charge is 0.477 e. The van der Waals surface area contributed by atoms with Gasteiger partial charge in [0.25, 0.3) is 5.89 Å². The van der Waals surface area contributed by atoms with E-state index in [0.29, 0.717) is 18.2 Å². The highest BCUT2D eigenvalue weighted by Gasteiger charge is 2.17. The van der Waals surface area contributed by atoms with Gasteiger partial charge in [0.15, 0.2) is 0 Å². The minimum atomic E-state index is -0.706. The van der Waals surface area contributed by atoms with E-state index in [0.717, 1.165) is 0 Å². The lowest BCUT2D eigenvalue weighted by atomic mass is 10.4. The van der Waals surface area contributed by atoms with Crippen LogP contribution in [0.2, 0.25) is 0 Å². The van der Waals surface area contributed by atoms with Crippen molar-refractivity contribution in [3.8, 4) is 17.5 Å². The van der Waals surface area contributed by atoms with Crippen LogP contribution in [0.1, 0.15) is 17.6 Å². The zero-order valence-electron chi connectivity index (χ0n) is 9.78. The van der Waals surface area contributed by atoms with Gasteiger partial charge in [-0.1, -0.05) is 0 Å². The Kier molecular flexibility index (Phi) is 3.46. The number of carbonyl (C=O) groups is 1. The van der Waals surface area contributed by atoms with E-state index in [2.05, 4.69) is 24.9 Å². The third-order valence-electron chi connectivity index (χ3n) is 1.91. The molecule has 94 valence electrons. The van der Waals surface area contributed by atoms with Crippen molar-refractivity contribution in [3.05, 3.63) is 18.3 Å². The standard InChI is InChI=1S/C10H10N4O4/c1-3-17-7-5-11-4-6(12-7)8-13-14-9(18-8)10(15)16-2/h4-5H,3H2,1-2H3. The Bertz CT molecular complexity index is 554. The molecular formula is C10H10N4O4. The topological polar surface area (TPSA) is 100 Å². The predicted molar refractivity (Wildman–Crippen MR) is 57.8 cm³/mol. The summed E-state index contributed by atoms with van der Waals surface area (Å²) in [6.45, 7) is 2.30. The minimum absolute atomic E-state index is 0.0736. The van der Waals surface area contributed by atoms with Crippen LogP contribution in [-0.2, 0) is 4.74 Å². The van der Waals surface area contributed by atoms with Gasteiger partial charge in [0.2, 0.25) is 5.88 Å². The van der Waals surface area contributed by atoms with Crippen molar-refractivity contribution < 1.29 is 18.7 Å². The first-order chi connectivity index (χ1) is 8.74. The average Bonchev–Trinajstić information content (AvgIpc) is 2.88. The molecule has 18 heavy (non-hydrogen) atoms. The van der Waals surface area contributed by atoms with Crippen LogP contribution in [0.25, 0.3) is 11.6 Å². The molecule has 2 rings (SSSR count). The molecule has 0 unspecified atom stereocenters. The minimum Gasteiger partial charge on any atom is -0.477 e. The normalized spacial score (nSPS) is 10.1. The number of ether oxygens (including phenoxy) is 2. The van der Waals surface area contributed by atoms with Crippen LogP contribution >= 0.6 is 0 Å². The van der Waals surface area contributed by atoms with Gasteiger partial charge in [-0.05, 0) is 6.92 Å². The number of nitrogens with zero attached hydrogens (tertiary/aromatic N) is 4. The summed E-state index contributed by atoms with van der Waals surface area (Å²) >= 11 is 0. The molecule has 2 aromatic heterocycles. The zero-order chi connectivity index (χ0) is 13.0. The Morgan fingerprint density at radius 2 is 2.22 bits per heavy atom. The molecule has 0 aromatic carbocycles. The maximum atomic E-state index is 11.1. The summed E-state index contributed by atoms with van der Waals surface area (Å²) < 4.78 is 14.7. The molecule has 0 aliphatic rings. The molecular weight excluding hydrogens is 240 g/mol. The van der Waals surface area contributed by atoms with Gasteiger partial charge in [-0.3, -0.25) is 4.98 Å². The molecule has 0 fully saturated rings. The van der Waals surface area contributed by atoms with E-state index in [1.54, 1.807) is 0 Å². The number of rotatable bonds is 4. The number of methoxy groups -OCH3 is 1. The van der Waals surface area contributed by atoms with Crippen molar-refractivity contribution >= 4 is 5.97 Å². The van der Waals surface area contributed by atoms with Crippen LogP contribution in [0.15, 0.2) is 16.8 Å². The van der Waals surface area contributed by atoms with Crippen molar-refractivity contribution in [2.45, 2.75) is 6.92 Å². The summed E-state index contributed by atoms with van der Waals surface area (Å²) in [6, 6.07) is 0. The van der Waals surface area contributed by atoms with Gasteiger partial charge in [0, 0.05) is 0 Å². The first kappa shape index (κ1) is 12.0. The van der Waals surface area contributed by atoms with Crippen LogP contribution < -0.4 is 4.74 Å². The third kappa shape index (κ3) is 2.42. The molecule has 2 heterocycles. The zero-order valence-corrected chi connectivity index (χ0v) is 9.78. The Hall–Kier alpha value is -2.51. The summed E-state index contributed by atoms with van der Waals surface area (Å²) in [5, 5.41) is 7.22. The van der Waals surface area contributed by atoms with Crippen LogP contribution in [0, 0.1) is 0 Å². The molecule has 2 aromatic rings. The van der Waals surface area contributed by atoms with Crippen molar-refractivity contribution in [1.29, 1.82) is 0 Å². The van der Waals surface area contributed by atoms with E-state index in [-0.39, 0.29) is 11.8 Å². The van der Waals surface area contributed by atoms with Gasteiger partial charge in [0.05, 0.1) is 26.1 Å². The van der Waals surface area contributed by atoms with Crippen molar-refractivity contribution in [1.82, 2.24) is 20.2 Å². The quantitative estimate of drug-likeness (QED) is 0.731. The molecule has 0 aliphatic heterocycles. The number of aromatic nitrogens is 4. The fourth-order valence-corrected chi connectivity index (χ4v) is 1.17. The Labute approximate surface area is 102 Å². The number of hydrogen-bond donors (Lipinski definition) is 0. The van der Waals surface area contributed by atoms with E-state index < -0.39 is 5.97 Å². The summed E-state index contributed by atoms with van der Waals surface area (Å²) in [5.74, 6) is -0.531. The van der Waals surface area contributed by atoms with Gasteiger partial charge in [-0.2, -0.15) is 0 Å². The molecule has 0 N–H and O–H groups in total. The molecule has 0 radical (unpaired) electrons. The van der Waals surface area contributed by atoms with Gasteiger partial charge >= 0.3 is 11.9 Å². The number of carbonyl (C=O) groups excluding carboxylic acids is 1. The lowest BCUT2D eigenvalue weighted by Crippen LogP contribution is -2.00. The first-order valence-electron chi connectivity index (χ1n) is 5.11. The number of esters is 1. The van der Waals surface area contributed by atoms with Crippen LogP contribution in [0.5, 0.6) is 5.88 Å². The maximum absolute atomic E-state index is 11.1. The highest BCUT2D eigenvalue weighted by Crippen LogP contribution is 2.17. The lowest BCUT2D eigenvalue weighted by molar-refractivity contribution is 0.0556. The monoisotopic (exact) mass is 250 g/mol. The molecule has 8 nitrogen and oxygen atoms in total. The lowest BCUT2D eigenvalue weighted by Gasteiger charge is -2.00. The third-order valence-corrected chi connectivity index (χ3v) is 1.91. The summed E-state index contributed by atoms with van der Waals surface area (Å²) in [5.41, 5.74) is 0.323. The SMILES string of the molecule is CCOc1cncc(-c2nnc(C(=O)OC)o2)n1. The molecule has 0 amide bonds. The van der Waals surface area contributed by atoms with E-state index in [1.807, 2.05) is 6.92 Å². The second-order valence-electron chi connectivity index (χ2n) is 3.08. The molecule has 8 heteroatoms. The van der Waals surface area contributed by atoms with Gasteiger partial charge in [0.1, 0.15) is 5.69 Å². The molecule has 0 spiro atoms. The van der Waals surface area contributed by atoms with Crippen molar-refractivity contribution in [2.24, 2.45) is 0 Å². The molecule has 0 saturated heterocycles. The summed E-state index contributed by atoms with van der Waals surface area (Å²) in [7, 11) is 1.22. The fraction of sp³-hybridized carbons (Fsp3) is 0.300. The van der Waals surface area contributed by atoms with Crippen molar-refractivity contribution in [2.75, 3.05) is 13.7 Å². The van der Waals surface area contributed by atoms with E-state index in [9.17, 15) is 4.79 Å². The Morgan fingerprint density at radius 3 is 2.94 bits per heavy atom. The molecule has 0 aliphatic carbocycles. The first-order valence-corrected chi connectivity index (χ1v) is 5.11. The second kappa shape index (κ2) is 5.21. The fourth-order valence-electron chi connectivity index (χ4n) is 1.17. The van der Waals surface area contributed by atoms with Gasteiger partial charge < -0.3 is 13.9 Å². The Morgan fingerprint density at radius 1 is 1.39 bits per heavy atom. The van der Waals surface area contributed by atoms with E-state index in [4.69, 9.17) is 9.15 Å². The van der Waals surface area contributed by atoms with Crippen LogP contribution in [0.4, 0.5) is 0 Å². The predicted octanol–water partition coefficient (Wildman–Crippen LogP) is 0.712. The average molecular weight is 250 g/mol. The molecule has 0 atom stereocenters. The van der Waals surface area contributed by atoms with Gasteiger partial charge in [-0.15, -0.1) is 10.2 Å².